The topological polar surface area (TPSA) is 48.2 Å². The summed E-state index contributed by atoms with van der Waals surface area (Å²) in [4.78, 5) is 0. The lowest BCUT2D eigenvalue weighted by Crippen LogP contribution is -3.00. The van der Waals surface area contributed by atoms with Crippen LogP contribution in [-0.4, -0.2) is 10.2 Å². The Labute approximate surface area is 171 Å². The number of aromatic nitrogens is 2. The summed E-state index contributed by atoms with van der Waals surface area (Å²) in [7, 11) is 0. The van der Waals surface area contributed by atoms with Crippen molar-refractivity contribution in [2.24, 2.45) is 0 Å². The monoisotopic (exact) mass is 429 g/mol. The van der Waals surface area contributed by atoms with E-state index < -0.39 is 12.2 Å². The molecule has 2 aromatic heterocycles. The number of rotatable bonds is 6. The number of hydrogen-bond acceptors (Lipinski definition) is 2. The Morgan fingerprint density at radius 2 is 1.07 bits per heavy atom. The minimum atomic E-state index is -0.584. The lowest BCUT2D eigenvalue weighted by molar-refractivity contribution is -0.705. The molecule has 2 atom stereocenters. The molecule has 0 aliphatic heterocycles. The van der Waals surface area contributed by atoms with Gasteiger partial charge < -0.3 is 27.2 Å². The first-order valence-electron chi connectivity index (χ1n) is 8.88. The molecule has 4 nitrogen and oxygen atoms in total. The Morgan fingerprint density at radius 3 is 1.41 bits per heavy atom. The first-order chi connectivity index (χ1) is 12.5. The van der Waals surface area contributed by atoms with Crippen molar-refractivity contribution in [3.8, 4) is 0 Å². The summed E-state index contributed by atoms with van der Waals surface area (Å²) in [6.45, 7) is 5.07. The molecule has 142 valence electrons. The number of hydrogen-bond donors (Lipinski definition) is 2. The lowest BCUT2D eigenvalue weighted by atomic mass is 10.0. The van der Waals surface area contributed by atoms with Gasteiger partial charge in [0.1, 0.15) is 12.2 Å². The largest absolute Gasteiger partial charge is 1.00 e. The summed E-state index contributed by atoms with van der Waals surface area (Å²) in [6, 6.07) is 15.6. The van der Waals surface area contributed by atoms with Crippen LogP contribution in [0.4, 0.5) is 0 Å². The second kappa shape index (κ2) is 9.74. The first-order valence-corrected chi connectivity index (χ1v) is 8.88. The summed E-state index contributed by atoms with van der Waals surface area (Å²) in [5.74, 6) is 0. The summed E-state index contributed by atoms with van der Waals surface area (Å²) in [5, 5.41) is 20.9. The van der Waals surface area contributed by atoms with Crippen LogP contribution in [0.25, 0.3) is 0 Å². The number of aryl methyl sites for hydroxylation is 2. The standard InChI is InChI=1S/C22H26N2O2.BrH/c1-17-5-3-11-23(13-17)15-21(25)19-7-9-20(10-8-19)22(26)16-24-12-4-6-18(2)14-24;/h3-14,21-22,25-26H,15-16H2,1-2H3;1H/q+2;/p-1. The van der Waals surface area contributed by atoms with Crippen molar-refractivity contribution in [2.45, 2.75) is 39.1 Å². The highest BCUT2D eigenvalue weighted by molar-refractivity contribution is 5.25. The van der Waals surface area contributed by atoms with Crippen LogP contribution < -0.4 is 26.1 Å². The molecule has 0 aliphatic rings. The van der Waals surface area contributed by atoms with E-state index in [0.717, 1.165) is 22.3 Å². The number of aliphatic hydroxyl groups is 2. The molecular weight excluding hydrogens is 404 g/mol. The van der Waals surface area contributed by atoms with E-state index in [4.69, 9.17) is 0 Å². The van der Waals surface area contributed by atoms with Gasteiger partial charge in [0.2, 0.25) is 0 Å². The van der Waals surface area contributed by atoms with Gasteiger partial charge in [-0.15, -0.1) is 0 Å². The molecule has 2 heterocycles. The lowest BCUT2D eigenvalue weighted by Gasteiger charge is -2.11. The molecule has 0 saturated heterocycles. The van der Waals surface area contributed by atoms with Crippen LogP contribution in [0.5, 0.6) is 0 Å². The summed E-state index contributed by atoms with van der Waals surface area (Å²) in [5.41, 5.74) is 4.01. The Bertz CT molecular complexity index is 796. The van der Waals surface area contributed by atoms with Crippen molar-refractivity contribution in [1.82, 2.24) is 0 Å². The molecule has 0 spiro atoms. The number of benzene rings is 1. The van der Waals surface area contributed by atoms with Crippen LogP contribution in [0.3, 0.4) is 0 Å². The third-order valence-electron chi connectivity index (χ3n) is 4.49. The van der Waals surface area contributed by atoms with E-state index in [2.05, 4.69) is 0 Å². The summed E-state index contributed by atoms with van der Waals surface area (Å²) >= 11 is 0. The van der Waals surface area contributed by atoms with E-state index in [-0.39, 0.29) is 17.0 Å². The molecule has 5 heteroatoms. The highest BCUT2D eigenvalue weighted by atomic mass is 79.9. The molecule has 2 unspecified atom stereocenters. The van der Waals surface area contributed by atoms with Gasteiger partial charge in [0.15, 0.2) is 37.9 Å². The van der Waals surface area contributed by atoms with Crippen molar-refractivity contribution < 1.29 is 36.3 Å². The molecule has 2 N–H and O–H groups in total. The molecular formula is C22H26BrN2O2+. The van der Waals surface area contributed by atoms with Crippen LogP contribution in [-0.2, 0) is 13.1 Å². The van der Waals surface area contributed by atoms with Crippen molar-refractivity contribution in [1.29, 1.82) is 0 Å². The summed E-state index contributed by atoms with van der Waals surface area (Å²) < 4.78 is 3.97. The van der Waals surface area contributed by atoms with E-state index >= 15 is 0 Å². The minimum Gasteiger partial charge on any atom is -1.00 e. The van der Waals surface area contributed by atoms with E-state index in [1.807, 2.05) is 96.3 Å². The molecule has 0 saturated carbocycles. The predicted octanol–water partition coefficient (Wildman–Crippen LogP) is -0.650. The van der Waals surface area contributed by atoms with Crippen LogP contribution in [0.15, 0.2) is 73.3 Å². The van der Waals surface area contributed by atoms with Crippen molar-refractivity contribution in [2.75, 3.05) is 0 Å². The Balaban J connectivity index is 0.00000261. The van der Waals surface area contributed by atoms with Gasteiger partial charge in [-0.05, 0) is 37.1 Å². The first kappa shape index (κ1) is 21.2. The van der Waals surface area contributed by atoms with Gasteiger partial charge in [0.05, 0.1) is 0 Å². The molecule has 0 amide bonds. The van der Waals surface area contributed by atoms with Crippen LogP contribution in [0.2, 0.25) is 0 Å². The SMILES string of the molecule is Cc1ccc[n+](CC(O)c2ccc(C(O)C[n+]3cccc(C)c3)cc2)c1.[Br-]. The zero-order valence-corrected chi connectivity index (χ0v) is 17.2. The molecule has 0 bridgehead atoms. The third kappa shape index (κ3) is 5.96. The smallest absolute Gasteiger partial charge is 0.178 e. The van der Waals surface area contributed by atoms with Crippen molar-refractivity contribution in [3.05, 3.63) is 95.6 Å². The maximum atomic E-state index is 10.5. The average Bonchev–Trinajstić information content (AvgIpc) is 2.62. The second-order valence-electron chi connectivity index (χ2n) is 6.85. The maximum absolute atomic E-state index is 10.5. The maximum Gasteiger partial charge on any atom is 0.178 e. The Kier molecular flexibility index (Phi) is 7.66. The third-order valence-corrected chi connectivity index (χ3v) is 4.49. The Hall–Kier alpha value is -2.08. The minimum absolute atomic E-state index is 0. The van der Waals surface area contributed by atoms with Gasteiger partial charge in [0.25, 0.3) is 0 Å². The number of halogens is 1. The quantitative estimate of drug-likeness (QED) is 0.511. The molecule has 0 fully saturated rings. The number of pyridine rings is 2. The molecule has 3 rings (SSSR count). The van der Waals surface area contributed by atoms with Gasteiger partial charge >= 0.3 is 0 Å². The van der Waals surface area contributed by atoms with Gasteiger partial charge in [-0.2, -0.15) is 0 Å². The van der Waals surface area contributed by atoms with E-state index in [1.165, 1.54) is 0 Å². The highest BCUT2D eigenvalue weighted by Gasteiger charge is 2.17. The number of nitrogens with zero attached hydrogens (tertiary/aromatic N) is 2. The predicted molar refractivity (Wildman–Crippen MR) is 99.1 cm³/mol. The van der Waals surface area contributed by atoms with E-state index in [1.54, 1.807) is 0 Å². The fraction of sp³-hybridized carbons (Fsp3) is 0.273. The highest BCUT2D eigenvalue weighted by Crippen LogP contribution is 2.18. The Morgan fingerprint density at radius 1 is 0.704 bits per heavy atom. The molecule has 0 radical (unpaired) electrons. The zero-order chi connectivity index (χ0) is 18.5. The average molecular weight is 430 g/mol. The molecule has 0 aliphatic carbocycles. The van der Waals surface area contributed by atoms with Crippen LogP contribution in [0, 0.1) is 13.8 Å². The van der Waals surface area contributed by atoms with Gasteiger partial charge in [-0.1, -0.05) is 24.3 Å². The molecule has 1 aromatic carbocycles. The number of aliphatic hydroxyl groups excluding tert-OH is 2. The van der Waals surface area contributed by atoms with Gasteiger partial charge in [0, 0.05) is 23.3 Å². The molecule has 3 aromatic rings. The fourth-order valence-electron chi connectivity index (χ4n) is 3.08. The second-order valence-corrected chi connectivity index (χ2v) is 6.85. The van der Waals surface area contributed by atoms with Gasteiger partial charge in [-0.3, -0.25) is 0 Å². The van der Waals surface area contributed by atoms with E-state index in [9.17, 15) is 10.2 Å². The summed E-state index contributed by atoms with van der Waals surface area (Å²) in [6.07, 6.45) is 6.76. The zero-order valence-electron chi connectivity index (χ0n) is 15.7. The van der Waals surface area contributed by atoms with E-state index in [0.29, 0.717) is 13.1 Å². The van der Waals surface area contributed by atoms with Crippen molar-refractivity contribution >= 4 is 0 Å². The van der Waals surface area contributed by atoms with Crippen molar-refractivity contribution in [3.63, 3.8) is 0 Å². The van der Waals surface area contributed by atoms with Crippen LogP contribution >= 0.6 is 0 Å². The fourth-order valence-corrected chi connectivity index (χ4v) is 3.08. The normalized spacial score (nSPS) is 12.9. The van der Waals surface area contributed by atoms with Crippen LogP contribution in [0.1, 0.15) is 34.5 Å². The van der Waals surface area contributed by atoms with Gasteiger partial charge in [-0.25, -0.2) is 9.13 Å². The molecule has 27 heavy (non-hydrogen) atoms.